The molecule has 30 heavy (non-hydrogen) atoms. The number of nitrogens with zero attached hydrogens (tertiary/aromatic N) is 1. The van der Waals surface area contributed by atoms with Crippen molar-refractivity contribution in [1.29, 1.82) is 0 Å². The Labute approximate surface area is 179 Å². The van der Waals surface area contributed by atoms with Gasteiger partial charge >= 0.3 is 0 Å². The summed E-state index contributed by atoms with van der Waals surface area (Å²) in [4.78, 5) is 12.6. The number of ether oxygens (including phenoxy) is 2. The minimum atomic E-state index is -3.95. The monoisotopic (exact) mass is 434 g/mol. The molecule has 0 heterocycles. The van der Waals surface area contributed by atoms with E-state index >= 15 is 0 Å². The molecule has 0 unspecified atom stereocenters. The van der Waals surface area contributed by atoms with Crippen LogP contribution in [-0.2, 0) is 19.6 Å². The molecule has 2 aromatic rings. The van der Waals surface area contributed by atoms with E-state index in [9.17, 15) is 13.2 Å². The average Bonchev–Trinajstić information content (AvgIpc) is 2.71. The largest absolute Gasteiger partial charge is 0.497 e. The Balaban J connectivity index is 2.21. The molecule has 7 nitrogen and oxygen atoms in total. The second kappa shape index (κ2) is 11.0. The Morgan fingerprint density at radius 2 is 1.83 bits per heavy atom. The van der Waals surface area contributed by atoms with Crippen molar-refractivity contribution >= 4 is 21.6 Å². The molecule has 0 aromatic heterocycles. The topological polar surface area (TPSA) is 84.9 Å². The smallest absolute Gasteiger partial charge is 0.264 e. The van der Waals surface area contributed by atoms with E-state index in [1.54, 1.807) is 48.5 Å². The number of carbonyl (C=O) groups excluding carboxylic acids is 1. The number of methoxy groups -OCH3 is 1. The van der Waals surface area contributed by atoms with Crippen LogP contribution in [0.3, 0.4) is 0 Å². The molecule has 1 N–H and O–H groups in total. The predicted octanol–water partition coefficient (Wildman–Crippen LogP) is 3.13. The maximum atomic E-state index is 13.3. The molecule has 2 aromatic carbocycles. The number of nitrogens with one attached hydrogen (secondary N) is 1. The minimum Gasteiger partial charge on any atom is -0.497 e. The summed E-state index contributed by atoms with van der Waals surface area (Å²) in [6.45, 7) is 6.36. The molecule has 0 bridgehead atoms. The summed E-state index contributed by atoms with van der Waals surface area (Å²) in [6, 6.07) is 13.2. The number of rotatable bonds is 11. The highest BCUT2D eigenvalue weighted by atomic mass is 32.2. The third-order valence-corrected chi connectivity index (χ3v) is 6.12. The summed E-state index contributed by atoms with van der Waals surface area (Å²) >= 11 is 0. The molecule has 0 aliphatic heterocycles. The van der Waals surface area contributed by atoms with Gasteiger partial charge in [-0.25, -0.2) is 8.42 Å². The maximum Gasteiger partial charge on any atom is 0.264 e. The molecule has 0 saturated carbocycles. The van der Waals surface area contributed by atoms with Gasteiger partial charge in [0.25, 0.3) is 10.0 Å². The highest BCUT2D eigenvalue weighted by molar-refractivity contribution is 7.92. The van der Waals surface area contributed by atoms with Crippen molar-refractivity contribution in [3.05, 3.63) is 54.1 Å². The van der Waals surface area contributed by atoms with Gasteiger partial charge in [-0.1, -0.05) is 23.8 Å². The average molecular weight is 435 g/mol. The molecule has 0 radical (unpaired) electrons. The van der Waals surface area contributed by atoms with E-state index in [1.807, 2.05) is 20.8 Å². The molecule has 164 valence electrons. The Bertz CT molecular complexity index is 927. The van der Waals surface area contributed by atoms with Crippen LogP contribution in [0.15, 0.2) is 53.4 Å². The summed E-state index contributed by atoms with van der Waals surface area (Å²) in [7, 11) is -2.44. The van der Waals surface area contributed by atoms with Gasteiger partial charge in [0.15, 0.2) is 0 Å². The van der Waals surface area contributed by atoms with Crippen LogP contribution >= 0.6 is 0 Å². The SMILES string of the molecule is COc1cccc(N(CC(=O)NCCCOC(C)C)S(=O)(=O)c2ccc(C)cc2)c1. The van der Waals surface area contributed by atoms with E-state index in [1.165, 1.54) is 7.11 Å². The number of hydrogen-bond acceptors (Lipinski definition) is 5. The van der Waals surface area contributed by atoms with E-state index < -0.39 is 15.9 Å². The molecule has 0 aliphatic rings. The first-order valence-corrected chi connectivity index (χ1v) is 11.3. The van der Waals surface area contributed by atoms with Gasteiger partial charge in [-0.2, -0.15) is 0 Å². The highest BCUT2D eigenvalue weighted by Gasteiger charge is 2.27. The van der Waals surface area contributed by atoms with Crippen LogP contribution in [0.4, 0.5) is 5.69 Å². The lowest BCUT2D eigenvalue weighted by molar-refractivity contribution is -0.119. The van der Waals surface area contributed by atoms with Gasteiger partial charge in [-0.05, 0) is 51.5 Å². The van der Waals surface area contributed by atoms with Crippen molar-refractivity contribution in [2.24, 2.45) is 0 Å². The number of carbonyl (C=O) groups is 1. The van der Waals surface area contributed by atoms with E-state index in [4.69, 9.17) is 9.47 Å². The molecule has 2 rings (SSSR count). The first-order valence-electron chi connectivity index (χ1n) is 9.86. The molecule has 0 fully saturated rings. The van der Waals surface area contributed by atoms with Crippen molar-refractivity contribution in [2.75, 3.05) is 31.1 Å². The van der Waals surface area contributed by atoms with Gasteiger partial charge in [-0.3, -0.25) is 9.10 Å². The first kappa shape index (κ1) is 23.7. The molecule has 0 saturated heterocycles. The number of hydrogen-bond donors (Lipinski definition) is 1. The van der Waals surface area contributed by atoms with Gasteiger partial charge in [0.2, 0.25) is 5.91 Å². The summed E-state index contributed by atoms with van der Waals surface area (Å²) in [5.74, 6) is 0.112. The third-order valence-electron chi connectivity index (χ3n) is 4.33. The van der Waals surface area contributed by atoms with Crippen LogP contribution in [-0.4, -0.2) is 47.2 Å². The lowest BCUT2D eigenvalue weighted by Crippen LogP contribution is -2.41. The van der Waals surface area contributed by atoms with Crippen LogP contribution in [0.1, 0.15) is 25.8 Å². The molecule has 8 heteroatoms. The maximum absolute atomic E-state index is 13.3. The lowest BCUT2D eigenvalue weighted by atomic mass is 10.2. The number of amides is 1. The Morgan fingerprint density at radius 3 is 2.47 bits per heavy atom. The lowest BCUT2D eigenvalue weighted by Gasteiger charge is -2.24. The second-order valence-electron chi connectivity index (χ2n) is 7.15. The fourth-order valence-corrected chi connectivity index (χ4v) is 4.14. The Morgan fingerprint density at radius 1 is 1.13 bits per heavy atom. The normalized spacial score (nSPS) is 11.4. The fourth-order valence-electron chi connectivity index (χ4n) is 2.72. The van der Waals surface area contributed by atoms with Crippen LogP contribution in [0.5, 0.6) is 5.75 Å². The molecule has 1 amide bonds. The van der Waals surface area contributed by atoms with Crippen molar-refractivity contribution < 1.29 is 22.7 Å². The van der Waals surface area contributed by atoms with E-state index in [2.05, 4.69) is 5.32 Å². The number of sulfonamides is 1. The van der Waals surface area contributed by atoms with Crippen molar-refractivity contribution in [3.63, 3.8) is 0 Å². The van der Waals surface area contributed by atoms with Crippen LogP contribution in [0.25, 0.3) is 0 Å². The molecule has 0 aliphatic carbocycles. The summed E-state index contributed by atoms with van der Waals surface area (Å²) in [5.41, 5.74) is 1.30. The Hall–Kier alpha value is -2.58. The second-order valence-corrected chi connectivity index (χ2v) is 9.01. The highest BCUT2D eigenvalue weighted by Crippen LogP contribution is 2.27. The fraction of sp³-hybridized carbons (Fsp3) is 0.409. The summed E-state index contributed by atoms with van der Waals surface area (Å²) in [6.07, 6.45) is 0.775. The zero-order chi connectivity index (χ0) is 22.1. The number of benzene rings is 2. The van der Waals surface area contributed by atoms with Crippen molar-refractivity contribution in [2.45, 2.75) is 38.2 Å². The first-order chi connectivity index (χ1) is 14.2. The van der Waals surface area contributed by atoms with Gasteiger partial charge in [-0.15, -0.1) is 0 Å². The Kier molecular flexibility index (Phi) is 8.68. The van der Waals surface area contributed by atoms with Gasteiger partial charge in [0.1, 0.15) is 12.3 Å². The predicted molar refractivity (Wildman–Crippen MR) is 117 cm³/mol. The van der Waals surface area contributed by atoms with Crippen LogP contribution in [0, 0.1) is 6.92 Å². The molecule has 0 spiro atoms. The number of anilines is 1. The van der Waals surface area contributed by atoms with E-state index in [-0.39, 0.29) is 17.5 Å². The van der Waals surface area contributed by atoms with Gasteiger partial charge in [0.05, 0.1) is 23.8 Å². The zero-order valence-electron chi connectivity index (χ0n) is 17.9. The van der Waals surface area contributed by atoms with E-state index in [0.717, 1.165) is 9.87 Å². The number of aryl methyl sites for hydroxylation is 1. The molecular formula is C22H30N2O5S. The third kappa shape index (κ3) is 6.74. The van der Waals surface area contributed by atoms with Crippen molar-refractivity contribution in [1.82, 2.24) is 5.32 Å². The summed E-state index contributed by atoms with van der Waals surface area (Å²) in [5, 5.41) is 2.76. The molecule has 0 atom stereocenters. The van der Waals surface area contributed by atoms with Crippen LogP contribution in [0.2, 0.25) is 0 Å². The quantitative estimate of drug-likeness (QED) is 0.549. The zero-order valence-corrected chi connectivity index (χ0v) is 18.7. The summed E-state index contributed by atoms with van der Waals surface area (Å²) < 4.78 is 38.4. The molecular weight excluding hydrogens is 404 g/mol. The van der Waals surface area contributed by atoms with Crippen molar-refractivity contribution in [3.8, 4) is 5.75 Å². The standard InChI is InChI=1S/C22H30N2O5S/c1-17(2)29-14-6-13-23-22(25)16-24(19-7-5-8-20(15-19)28-4)30(26,27)21-11-9-18(3)10-12-21/h5,7-12,15,17H,6,13-14,16H2,1-4H3,(H,23,25). The minimum absolute atomic E-state index is 0.119. The van der Waals surface area contributed by atoms with Gasteiger partial charge < -0.3 is 14.8 Å². The van der Waals surface area contributed by atoms with E-state index in [0.29, 0.717) is 31.0 Å². The van der Waals surface area contributed by atoms with Crippen LogP contribution < -0.4 is 14.4 Å². The van der Waals surface area contributed by atoms with Gasteiger partial charge in [0, 0.05) is 19.2 Å².